The predicted molar refractivity (Wildman–Crippen MR) is 85.2 cm³/mol. The van der Waals surface area contributed by atoms with E-state index in [1.165, 1.54) is 0 Å². The van der Waals surface area contributed by atoms with Gasteiger partial charge < -0.3 is 10.1 Å². The Balaban J connectivity index is 2.17. The molecule has 0 radical (unpaired) electrons. The first-order valence-electron chi connectivity index (χ1n) is 8.46. The maximum Gasteiger partial charge on any atom is 0.180 e. The standard InChI is InChI=1S/C17H28N2O3/c1-12-9-13-11-15(18-22)16(20)6-4-8-19(2)7-3-5-14(13)17(21)10-12/h12-14,22H,3-11H2,1-2H3/b18-15-/t12-,13+,14-/m1/s1. The Morgan fingerprint density at radius 3 is 2.64 bits per heavy atom. The van der Waals surface area contributed by atoms with E-state index in [-0.39, 0.29) is 23.3 Å². The number of hydrogen-bond donors (Lipinski definition) is 1. The van der Waals surface area contributed by atoms with Crippen molar-refractivity contribution >= 4 is 17.3 Å². The van der Waals surface area contributed by atoms with Crippen molar-refractivity contribution < 1.29 is 14.8 Å². The van der Waals surface area contributed by atoms with Gasteiger partial charge in [0.2, 0.25) is 0 Å². The average molecular weight is 308 g/mol. The number of fused-ring (bicyclic) bond motifs is 1. The van der Waals surface area contributed by atoms with Crippen molar-refractivity contribution in [3.63, 3.8) is 0 Å². The van der Waals surface area contributed by atoms with Crippen LogP contribution >= 0.6 is 0 Å². The summed E-state index contributed by atoms with van der Waals surface area (Å²) in [5.74, 6) is 0.790. The van der Waals surface area contributed by atoms with Gasteiger partial charge in [-0.2, -0.15) is 0 Å². The molecule has 0 aromatic heterocycles. The Hall–Kier alpha value is -1.23. The summed E-state index contributed by atoms with van der Waals surface area (Å²) in [5.41, 5.74) is 0.264. The van der Waals surface area contributed by atoms with E-state index >= 15 is 0 Å². The minimum absolute atomic E-state index is 0.0218. The summed E-state index contributed by atoms with van der Waals surface area (Å²) in [6, 6.07) is 0. The van der Waals surface area contributed by atoms with E-state index in [1.807, 2.05) is 0 Å². The number of ketones is 2. The van der Waals surface area contributed by atoms with E-state index in [0.717, 1.165) is 38.8 Å². The van der Waals surface area contributed by atoms with Gasteiger partial charge in [-0.3, -0.25) is 9.59 Å². The van der Waals surface area contributed by atoms with Gasteiger partial charge >= 0.3 is 0 Å². The van der Waals surface area contributed by atoms with Gasteiger partial charge in [-0.05, 0) is 57.7 Å². The monoisotopic (exact) mass is 308 g/mol. The second kappa shape index (κ2) is 7.86. The van der Waals surface area contributed by atoms with Crippen LogP contribution in [0.1, 0.15) is 51.9 Å². The molecule has 2 fully saturated rings. The number of rotatable bonds is 0. The fraction of sp³-hybridized carbons (Fsp3) is 0.824. The minimum atomic E-state index is -0.0686. The summed E-state index contributed by atoms with van der Waals surface area (Å²) in [6.07, 6.45) is 5.15. The second-order valence-corrected chi connectivity index (χ2v) is 7.10. The largest absolute Gasteiger partial charge is 0.411 e. The number of oxime groups is 1. The quantitative estimate of drug-likeness (QED) is 0.551. The van der Waals surface area contributed by atoms with Crippen molar-refractivity contribution in [1.82, 2.24) is 4.90 Å². The lowest BCUT2D eigenvalue weighted by molar-refractivity contribution is -0.128. The zero-order valence-corrected chi connectivity index (χ0v) is 13.8. The summed E-state index contributed by atoms with van der Waals surface area (Å²) >= 11 is 0. The molecule has 2 rings (SSSR count). The topological polar surface area (TPSA) is 70.0 Å². The molecule has 0 spiro atoms. The SMILES string of the molecule is C[C@H]1CC(=O)[C@@H]2CCCN(C)CCCC(=O)/C(=N\O)C[C@@H]2C1. The van der Waals surface area contributed by atoms with Gasteiger partial charge in [-0.15, -0.1) is 0 Å². The number of Topliss-reactive ketones (excluding diaryl/α,β-unsaturated/α-hetero) is 2. The van der Waals surface area contributed by atoms with E-state index in [2.05, 4.69) is 24.0 Å². The van der Waals surface area contributed by atoms with E-state index in [9.17, 15) is 14.8 Å². The lowest BCUT2D eigenvalue weighted by Crippen LogP contribution is -2.36. The fourth-order valence-corrected chi connectivity index (χ4v) is 3.95. The molecule has 0 amide bonds. The molecular formula is C17H28N2O3. The van der Waals surface area contributed by atoms with Crippen LogP contribution in [-0.2, 0) is 9.59 Å². The van der Waals surface area contributed by atoms with Gasteiger partial charge in [0.25, 0.3) is 0 Å². The third-order valence-corrected chi connectivity index (χ3v) is 5.13. The minimum Gasteiger partial charge on any atom is -0.411 e. The molecule has 0 unspecified atom stereocenters. The van der Waals surface area contributed by atoms with Crippen LogP contribution in [0.5, 0.6) is 0 Å². The van der Waals surface area contributed by atoms with E-state index in [1.54, 1.807) is 0 Å². The summed E-state index contributed by atoms with van der Waals surface area (Å²) < 4.78 is 0. The first kappa shape index (κ1) is 17.1. The number of carbonyl (C=O) groups excluding carboxylic acids is 2. The van der Waals surface area contributed by atoms with Gasteiger partial charge in [-0.25, -0.2) is 0 Å². The maximum atomic E-state index is 12.4. The third-order valence-electron chi connectivity index (χ3n) is 5.13. The van der Waals surface area contributed by atoms with Crippen LogP contribution in [0.4, 0.5) is 0 Å². The van der Waals surface area contributed by atoms with Crippen molar-refractivity contribution in [2.75, 3.05) is 20.1 Å². The number of hydrogen-bond acceptors (Lipinski definition) is 5. The zero-order chi connectivity index (χ0) is 16.1. The average Bonchev–Trinajstić information content (AvgIpc) is 2.45. The molecule has 1 heterocycles. The fourth-order valence-electron chi connectivity index (χ4n) is 3.95. The molecule has 1 saturated heterocycles. The summed E-state index contributed by atoms with van der Waals surface area (Å²) in [4.78, 5) is 26.8. The highest BCUT2D eigenvalue weighted by Crippen LogP contribution is 2.36. The molecule has 0 bridgehead atoms. The normalized spacial score (nSPS) is 34.8. The molecule has 3 atom stereocenters. The number of nitrogens with zero attached hydrogens (tertiary/aromatic N) is 2. The summed E-state index contributed by atoms with van der Waals surface area (Å²) in [6.45, 7) is 3.93. The molecule has 0 aromatic carbocycles. The molecular weight excluding hydrogens is 280 g/mol. The molecule has 124 valence electrons. The molecule has 5 heteroatoms. The van der Waals surface area contributed by atoms with Crippen molar-refractivity contribution in [2.24, 2.45) is 22.9 Å². The molecule has 22 heavy (non-hydrogen) atoms. The first-order chi connectivity index (χ1) is 10.5. The van der Waals surface area contributed by atoms with Crippen molar-refractivity contribution in [2.45, 2.75) is 51.9 Å². The third kappa shape index (κ3) is 4.38. The Morgan fingerprint density at radius 1 is 1.18 bits per heavy atom. The van der Waals surface area contributed by atoms with Gasteiger partial charge in [0.05, 0.1) is 0 Å². The highest BCUT2D eigenvalue weighted by molar-refractivity contribution is 6.39. The Morgan fingerprint density at radius 2 is 1.91 bits per heavy atom. The molecule has 1 saturated carbocycles. The van der Waals surface area contributed by atoms with Gasteiger partial charge in [0, 0.05) is 25.2 Å². The van der Waals surface area contributed by atoms with Crippen LogP contribution in [0.15, 0.2) is 5.16 Å². The van der Waals surface area contributed by atoms with Crippen LogP contribution in [-0.4, -0.2) is 47.5 Å². The highest BCUT2D eigenvalue weighted by atomic mass is 16.4. The van der Waals surface area contributed by atoms with Crippen LogP contribution in [0.3, 0.4) is 0 Å². The van der Waals surface area contributed by atoms with Crippen molar-refractivity contribution in [3.8, 4) is 0 Å². The molecule has 5 nitrogen and oxygen atoms in total. The van der Waals surface area contributed by atoms with Crippen LogP contribution in [0, 0.1) is 17.8 Å². The smallest absolute Gasteiger partial charge is 0.180 e. The predicted octanol–water partition coefficient (Wildman–Crippen LogP) is 2.51. The molecule has 1 aliphatic carbocycles. The van der Waals surface area contributed by atoms with Crippen LogP contribution in [0.2, 0.25) is 0 Å². The first-order valence-corrected chi connectivity index (χ1v) is 8.46. The van der Waals surface area contributed by atoms with Crippen molar-refractivity contribution in [1.29, 1.82) is 0 Å². The van der Waals surface area contributed by atoms with E-state index < -0.39 is 0 Å². The van der Waals surface area contributed by atoms with Gasteiger partial charge in [0.15, 0.2) is 5.78 Å². The lowest BCUT2D eigenvalue weighted by Gasteiger charge is -2.34. The molecule has 1 N–H and O–H groups in total. The lowest BCUT2D eigenvalue weighted by atomic mass is 9.70. The van der Waals surface area contributed by atoms with Crippen LogP contribution in [0.25, 0.3) is 0 Å². The molecule has 0 aromatic rings. The molecule has 2 aliphatic rings. The van der Waals surface area contributed by atoms with Gasteiger partial charge in [0.1, 0.15) is 11.5 Å². The maximum absolute atomic E-state index is 12.4. The second-order valence-electron chi connectivity index (χ2n) is 7.10. The number of carbonyl (C=O) groups is 2. The Bertz CT molecular complexity index is 447. The Labute approximate surface area is 132 Å². The summed E-state index contributed by atoms with van der Waals surface area (Å²) in [5, 5.41) is 12.5. The Kier molecular flexibility index (Phi) is 6.12. The van der Waals surface area contributed by atoms with Crippen molar-refractivity contribution in [3.05, 3.63) is 0 Å². The highest BCUT2D eigenvalue weighted by Gasteiger charge is 2.36. The zero-order valence-electron chi connectivity index (χ0n) is 13.8. The van der Waals surface area contributed by atoms with E-state index in [0.29, 0.717) is 31.0 Å². The summed E-state index contributed by atoms with van der Waals surface area (Å²) in [7, 11) is 2.06. The molecule has 1 aliphatic heterocycles. The van der Waals surface area contributed by atoms with Crippen LogP contribution < -0.4 is 0 Å². The van der Waals surface area contributed by atoms with Gasteiger partial charge in [-0.1, -0.05) is 12.1 Å². The van der Waals surface area contributed by atoms with E-state index in [4.69, 9.17) is 0 Å².